The van der Waals surface area contributed by atoms with E-state index >= 15 is 0 Å². The van der Waals surface area contributed by atoms with E-state index < -0.39 is 0 Å². The van der Waals surface area contributed by atoms with Gasteiger partial charge in [-0.3, -0.25) is 4.79 Å². The number of aromatic nitrogens is 3. The maximum absolute atomic E-state index is 12.8. The van der Waals surface area contributed by atoms with Gasteiger partial charge in [-0.2, -0.15) is 0 Å². The first-order valence-electron chi connectivity index (χ1n) is 8.64. The fraction of sp³-hybridized carbons (Fsp3) is 0.500. The molecule has 0 bridgehead atoms. The number of nitrogens with one attached hydrogen (secondary N) is 1. The Kier molecular flexibility index (Phi) is 4.16. The molecule has 24 heavy (non-hydrogen) atoms. The van der Waals surface area contributed by atoms with E-state index in [1.54, 1.807) is 0 Å². The van der Waals surface area contributed by atoms with Gasteiger partial charge in [-0.15, -0.1) is 10.2 Å². The number of hydrogen-bond donors (Lipinski definition) is 1. The SMILES string of the molecule is O=C(NCc1nnc2n1CCCCC2)C1(c2cccc(Br)c2)CC1. The molecule has 126 valence electrons. The van der Waals surface area contributed by atoms with Gasteiger partial charge >= 0.3 is 0 Å². The monoisotopic (exact) mass is 388 g/mol. The van der Waals surface area contributed by atoms with Crippen LogP contribution in [-0.4, -0.2) is 20.7 Å². The minimum absolute atomic E-state index is 0.103. The first kappa shape index (κ1) is 15.8. The summed E-state index contributed by atoms with van der Waals surface area (Å²) in [6.45, 7) is 1.42. The smallest absolute Gasteiger partial charge is 0.231 e. The minimum Gasteiger partial charge on any atom is -0.348 e. The maximum Gasteiger partial charge on any atom is 0.231 e. The summed E-state index contributed by atoms with van der Waals surface area (Å²) in [6, 6.07) is 8.07. The molecule has 1 fully saturated rings. The van der Waals surface area contributed by atoms with Crippen LogP contribution in [0.15, 0.2) is 28.7 Å². The van der Waals surface area contributed by atoms with Crippen molar-refractivity contribution in [3.05, 3.63) is 46.0 Å². The fourth-order valence-electron chi connectivity index (χ4n) is 3.56. The van der Waals surface area contributed by atoms with Gasteiger partial charge in [0.2, 0.25) is 5.91 Å². The standard InChI is InChI=1S/C18H21BrN4O/c19-14-6-4-5-13(11-14)18(8-9-18)17(24)20-12-16-22-21-15-7-2-1-3-10-23(15)16/h4-6,11H,1-3,7-10,12H2,(H,20,24). The van der Waals surface area contributed by atoms with Gasteiger partial charge in [-0.25, -0.2) is 0 Å². The Balaban J connectivity index is 1.47. The van der Waals surface area contributed by atoms with Crippen LogP contribution in [0.25, 0.3) is 0 Å². The zero-order chi connectivity index (χ0) is 16.6. The molecule has 0 spiro atoms. The molecule has 1 aromatic carbocycles. The van der Waals surface area contributed by atoms with Crippen molar-refractivity contribution in [2.24, 2.45) is 0 Å². The molecule has 0 unspecified atom stereocenters. The molecule has 0 saturated heterocycles. The predicted octanol–water partition coefficient (Wildman–Crippen LogP) is 3.12. The third kappa shape index (κ3) is 2.88. The van der Waals surface area contributed by atoms with Gasteiger partial charge in [0, 0.05) is 17.4 Å². The van der Waals surface area contributed by atoms with Gasteiger partial charge in [-0.1, -0.05) is 34.5 Å². The highest BCUT2D eigenvalue weighted by molar-refractivity contribution is 9.10. The summed E-state index contributed by atoms with van der Waals surface area (Å²) < 4.78 is 3.20. The predicted molar refractivity (Wildman–Crippen MR) is 94.5 cm³/mol. The van der Waals surface area contributed by atoms with Crippen molar-refractivity contribution in [2.75, 3.05) is 0 Å². The summed E-state index contributed by atoms with van der Waals surface area (Å²) in [4.78, 5) is 12.8. The van der Waals surface area contributed by atoms with Crippen molar-refractivity contribution in [1.82, 2.24) is 20.1 Å². The minimum atomic E-state index is -0.356. The van der Waals surface area contributed by atoms with Gasteiger partial charge in [-0.05, 0) is 43.4 Å². The van der Waals surface area contributed by atoms with E-state index in [2.05, 4.69) is 42.1 Å². The molecule has 5 nitrogen and oxygen atoms in total. The second kappa shape index (κ2) is 6.31. The highest BCUT2D eigenvalue weighted by Gasteiger charge is 2.51. The summed E-state index contributed by atoms with van der Waals surface area (Å²) in [5.74, 6) is 2.04. The lowest BCUT2D eigenvalue weighted by Crippen LogP contribution is -2.35. The second-order valence-electron chi connectivity index (χ2n) is 6.77. The molecule has 2 aromatic rings. The highest BCUT2D eigenvalue weighted by Crippen LogP contribution is 2.48. The van der Waals surface area contributed by atoms with Gasteiger partial charge in [0.25, 0.3) is 0 Å². The third-order valence-electron chi connectivity index (χ3n) is 5.16. The molecule has 6 heteroatoms. The zero-order valence-corrected chi connectivity index (χ0v) is 15.2. The molecule has 2 heterocycles. The van der Waals surface area contributed by atoms with Crippen LogP contribution >= 0.6 is 15.9 Å². The lowest BCUT2D eigenvalue weighted by atomic mass is 9.95. The molecule has 4 rings (SSSR count). The van der Waals surface area contributed by atoms with Crippen LogP contribution in [0.2, 0.25) is 0 Å². The molecule has 0 radical (unpaired) electrons. The van der Waals surface area contributed by atoms with Crippen LogP contribution in [0.1, 0.15) is 49.3 Å². The summed E-state index contributed by atoms with van der Waals surface area (Å²) in [7, 11) is 0. The van der Waals surface area contributed by atoms with E-state index in [0.717, 1.165) is 53.9 Å². The lowest BCUT2D eigenvalue weighted by Gasteiger charge is -2.16. The Hall–Kier alpha value is -1.69. The number of hydrogen-bond acceptors (Lipinski definition) is 3. The molecule has 2 aliphatic rings. The average molecular weight is 389 g/mol. The van der Waals surface area contributed by atoms with Crippen LogP contribution in [-0.2, 0) is 29.7 Å². The van der Waals surface area contributed by atoms with Crippen LogP contribution < -0.4 is 5.32 Å². The Morgan fingerprint density at radius 1 is 1.25 bits per heavy atom. The summed E-state index contributed by atoms with van der Waals surface area (Å²) >= 11 is 3.50. The van der Waals surface area contributed by atoms with E-state index in [9.17, 15) is 4.79 Å². The number of carbonyl (C=O) groups is 1. The number of benzene rings is 1. The third-order valence-corrected chi connectivity index (χ3v) is 5.65. The molecular formula is C18H21BrN4O. The Morgan fingerprint density at radius 2 is 2.12 bits per heavy atom. The quantitative estimate of drug-likeness (QED) is 0.874. The number of aryl methyl sites for hydroxylation is 1. The van der Waals surface area contributed by atoms with Crippen LogP contribution in [0.4, 0.5) is 0 Å². The number of nitrogens with zero attached hydrogens (tertiary/aromatic N) is 3. The van der Waals surface area contributed by atoms with Gasteiger partial charge in [0.05, 0.1) is 12.0 Å². The largest absolute Gasteiger partial charge is 0.348 e. The molecule has 1 aliphatic heterocycles. The summed E-state index contributed by atoms with van der Waals surface area (Å²) in [6.07, 6.45) is 6.38. The van der Waals surface area contributed by atoms with Crippen molar-refractivity contribution in [2.45, 2.75) is 57.0 Å². The van der Waals surface area contributed by atoms with Crippen LogP contribution in [0, 0.1) is 0 Å². The Labute approximate surface area is 150 Å². The maximum atomic E-state index is 12.8. The van der Waals surface area contributed by atoms with Crippen LogP contribution in [0.3, 0.4) is 0 Å². The van der Waals surface area contributed by atoms with Gasteiger partial charge in [0.1, 0.15) is 5.82 Å². The summed E-state index contributed by atoms with van der Waals surface area (Å²) in [5.41, 5.74) is 0.736. The van der Waals surface area contributed by atoms with Crippen LogP contribution in [0.5, 0.6) is 0 Å². The number of amides is 1. The van der Waals surface area contributed by atoms with E-state index in [0.29, 0.717) is 6.54 Å². The Bertz CT molecular complexity index is 766. The van der Waals surface area contributed by atoms with E-state index in [1.807, 2.05) is 18.2 Å². The van der Waals surface area contributed by atoms with E-state index in [4.69, 9.17) is 0 Å². The van der Waals surface area contributed by atoms with Gasteiger partial charge < -0.3 is 9.88 Å². The van der Waals surface area contributed by atoms with Crippen molar-refractivity contribution < 1.29 is 4.79 Å². The molecule has 1 aromatic heterocycles. The fourth-order valence-corrected chi connectivity index (χ4v) is 3.96. The van der Waals surface area contributed by atoms with E-state index in [-0.39, 0.29) is 11.3 Å². The Morgan fingerprint density at radius 3 is 2.92 bits per heavy atom. The van der Waals surface area contributed by atoms with Crippen molar-refractivity contribution >= 4 is 21.8 Å². The molecule has 1 N–H and O–H groups in total. The average Bonchev–Trinajstić information content (AvgIpc) is 3.35. The molecule has 1 saturated carbocycles. The lowest BCUT2D eigenvalue weighted by molar-refractivity contribution is -0.123. The molecule has 0 atom stereocenters. The molecule has 1 aliphatic carbocycles. The summed E-state index contributed by atoms with van der Waals surface area (Å²) in [5, 5.41) is 11.7. The van der Waals surface area contributed by atoms with Crippen molar-refractivity contribution in [3.63, 3.8) is 0 Å². The first-order chi connectivity index (χ1) is 11.7. The van der Waals surface area contributed by atoms with Crippen molar-refractivity contribution in [3.8, 4) is 0 Å². The number of carbonyl (C=O) groups excluding carboxylic acids is 1. The second-order valence-corrected chi connectivity index (χ2v) is 7.69. The normalized spacial score (nSPS) is 18.5. The number of halogens is 1. The molecule has 1 amide bonds. The number of fused-ring (bicyclic) bond motifs is 1. The van der Waals surface area contributed by atoms with Gasteiger partial charge in [0.15, 0.2) is 5.82 Å². The topological polar surface area (TPSA) is 59.8 Å². The highest BCUT2D eigenvalue weighted by atomic mass is 79.9. The van der Waals surface area contributed by atoms with Crippen molar-refractivity contribution in [1.29, 1.82) is 0 Å². The zero-order valence-electron chi connectivity index (χ0n) is 13.6. The molecular weight excluding hydrogens is 368 g/mol. The van der Waals surface area contributed by atoms with E-state index in [1.165, 1.54) is 12.8 Å². The first-order valence-corrected chi connectivity index (χ1v) is 9.44. The number of rotatable bonds is 4.